The maximum absolute atomic E-state index is 9.03. The average molecular weight is 305 g/mol. The van der Waals surface area contributed by atoms with Crippen LogP contribution in [0.3, 0.4) is 0 Å². The predicted molar refractivity (Wildman–Crippen MR) is 84.3 cm³/mol. The molecule has 23 heavy (non-hydrogen) atoms. The summed E-state index contributed by atoms with van der Waals surface area (Å²) in [4.78, 5) is 8.76. The topological polar surface area (TPSA) is 76.6 Å². The Balaban J connectivity index is 1.78. The monoisotopic (exact) mass is 305 g/mol. The zero-order chi connectivity index (χ0) is 15.6. The lowest BCUT2D eigenvalue weighted by Crippen LogP contribution is -2.18. The van der Waals surface area contributed by atoms with Crippen molar-refractivity contribution in [3.8, 4) is 17.5 Å². The highest BCUT2D eigenvalue weighted by Gasteiger charge is 2.19. The summed E-state index contributed by atoms with van der Waals surface area (Å²) in [7, 11) is 0. The summed E-state index contributed by atoms with van der Waals surface area (Å²) in [6.45, 7) is 0.774. The number of rotatable bonds is 2. The van der Waals surface area contributed by atoms with Crippen LogP contribution in [0.25, 0.3) is 22.3 Å². The minimum atomic E-state index is -0.0186. The van der Waals surface area contributed by atoms with E-state index in [0.717, 1.165) is 42.5 Å². The lowest BCUT2D eigenvalue weighted by molar-refractivity contribution is -0.0366. The number of fused-ring (bicyclic) bond motifs is 1. The van der Waals surface area contributed by atoms with Crippen LogP contribution in [-0.2, 0) is 4.74 Å². The number of hydrogen-bond donors (Lipinski definition) is 0. The Labute approximate surface area is 133 Å². The van der Waals surface area contributed by atoms with Gasteiger partial charge in [0.15, 0.2) is 6.23 Å². The van der Waals surface area contributed by atoms with E-state index in [2.05, 4.69) is 21.1 Å². The van der Waals surface area contributed by atoms with Crippen LogP contribution in [0.5, 0.6) is 0 Å². The van der Waals surface area contributed by atoms with Gasteiger partial charge in [0.25, 0.3) is 0 Å². The van der Waals surface area contributed by atoms with E-state index in [4.69, 9.17) is 10.00 Å². The third kappa shape index (κ3) is 2.56. The average Bonchev–Trinajstić information content (AvgIpc) is 3.05. The van der Waals surface area contributed by atoms with E-state index in [1.165, 1.54) is 0 Å². The molecule has 1 aliphatic heterocycles. The lowest BCUT2D eigenvalue weighted by Gasteiger charge is -2.23. The molecule has 4 rings (SSSR count). The molecule has 3 aromatic heterocycles. The van der Waals surface area contributed by atoms with Crippen molar-refractivity contribution in [3.05, 3.63) is 42.4 Å². The largest absolute Gasteiger partial charge is 0.356 e. The SMILES string of the molecule is N#Cc1ccnc(-c2cc3c(cn2)cnn3C2CCCCO2)c1. The van der Waals surface area contributed by atoms with E-state index in [-0.39, 0.29) is 6.23 Å². The second-order valence-corrected chi connectivity index (χ2v) is 5.58. The van der Waals surface area contributed by atoms with Crippen LogP contribution >= 0.6 is 0 Å². The van der Waals surface area contributed by atoms with E-state index in [0.29, 0.717) is 11.3 Å². The Bertz CT molecular complexity index is 889. The summed E-state index contributed by atoms with van der Waals surface area (Å²) >= 11 is 0. The summed E-state index contributed by atoms with van der Waals surface area (Å²) in [6, 6.07) is 7.51. The van der Waals surface area contributed by atoms with Crippen molar-refractivity contribution in [2.75, 3.05) is 6.61 Å². The third-order valence-electron chi connectivity index (χ3n) is 4.06. The summed E-state index contributed by atoms with van der Waals surface area (Å²) in [5, 5.41) is 14.5. The summed E-state index contributed by atoms with van der Waals surface area (Å²) in [5.41, 5.74) is 2.96. The number of nitrogens with zero attached hydrogens (tertiary/aromatic N) is 5. The van der Waals surface area contributed by atoms with Crippen molar-refractivity contribution in [1.82, 2.24) is 19.7 Å². The molecule has 1 saturated heterocycles. The van der Waals surface area contributed by atoms with Crippen LogP contribution in [0.15, 0.2) is 36.8 Å². The highest BCUT2D eigenvalue weighted by molar-refractivity contribution is 5.81. The molecule has 0 bridgehead atoms. The van der Waals surface area contributed by atoms with Gasteiger partial charge in [0.1, 0.15) is 0 Å². The first kappa shape index (κ1) is 13.9. The molecule has 0 aliphatic carbocycles. The first-order valence-electron chi connectivity index (χ1n) is 7.66. The standard InChI is InChI=1S/C17H15N5O/c18-9-12-4-5-19-14(7-12)15-8-16-13(10-20-15)11-21-22(16)17-3-1-2-6-23-17/h4-5,7-8,10-11,17H,1-3,6H2. The molecule has 1 atom stereocenters. The van der Waals surface area contributed by atoms with E-state index in [1.54, 1.807) is 24.5 Å². The lowest BCUT2D eigenvalue weighted by atomic mass is 10.1. The molecule has 0 radical (unpaired) electrons. The molecule has 1 aliphatic rings. The van der Waals surface area contributed by atoms with E-state index in [1.807, 2.05) is 16.9 Å². The quantitative estimate of drug-likeness (QED) is 0.727. The van der Waals surface area contributed by atoms with Gasteiger partial charge in [-0.1, -0.05) is 0 Å². The summed E-state index contributed by atoms with van der Waals surface area (Å²) in [6.07, 6.45) is 8.43. The molecule has 6 heteroatoms. The molecule has 1 unspecified atom stereocenters. The minimum Gasteiger partial charge on any atom is -0.356 e. The highest BCUT2D eigenvalue weighted by Crippen LogP contribution is 2.27. The fourth-order valence-corrected chi connectivity index (χ4v) is 2.87. The number of aromatic nitrogens is 4. The van der Waals surface area contributed by atoms with Crippen molar-refractivity contribution in [2.45, 2.75) is 25.5 Å². The van der Waals surface area contributed by atoms with Crippen LogP contribution in [0.2, 0.25) is 0 Å². The van der Waals surface area contributed by atoms with Gasteiger partial charge in [0, 0.05) is 24.4 Å². The fraction of sp³-hybridized carbons (Fsp3) is 0.294. The van der Waals surface area contributed by atoms with E-state index >= 15 is 0 Å². The number of ether oxygens (including phenoxy) is 1. The third-order valence-corrected chi connectivity index (χ3v) is 4.06. The molecular weight excluding hydrogens is 290 g/mol. The van der Waals surface area contributed by atoms with Crippen molar-refractivity contribution < 1.29 is 4.74 Å². The van der Waals surface area contributed by atoms with Crippen LogP contribution in [0, 0.1) is 11.3 Å². The first-order valence-corrected chi connectivity index (χ1v) is 7.66. The van der Waals surface area contributed by atoms with Crippen molar-refractivity contribution >= 4 is 10.9 Å². The molecule has 0 saturated carbocycles. The van der Waals surface area contributed by atoms with Gasteiger partial charge in [0.2, 0.25) is 0 Å². The smallest absolute Gasteiger partial charge is 0.150 e. The number of hydrogen-bond acceptors (Lipinski definition) is 5. The Hall–Kier alpha value is -2.78. The maximum Gasteiger partial charge on any atom is 0.150 e. The van der Waals surface area contributed by atoms with Crippen LogP contribution < -0.4 is 0 Å². The predicted octanol–water partition coefficient (Wildman–Crippen LogP) is 3.06. The summed E-state index contributed by atoms with van der Waals surface area (Å²) < 4.78 is 7.76. The van der Waals surface area contributed by atoms with Gasteiger partial charge in [-0.25, -0.2) is 4.68 Å². The Kier molecular flexibility index (Phi) is 3.48. The van der Waals surface area contributed by atoms with Crippen LogP contribution in [-0.4, -0.2) is 26.4 Å². The second-order valence-electron chi connectivity index (χ2n) is 5.58. The zero-order valence-corrected chi connectivity index (χ0v) is 12.5. The molecule has 0 amide bonds. The molecule has 114 valence electrons. The Morgan fingerprint density at radius 2 is 2.09 bits per heavy atom. The van der Waals surface area contributed by atoms with E-state index < -0.39 is 0 Å². The Morgan fingerprint density at radius 3 is 2.91 bits per heavy atom. The molecule has 0 aromatic carbocycles. The molecule has 0 spiro atoms. The summed E-state index contributed by atoms with van der Waals surface area (Å²) in [5.74, 6) is 0. The van der Waals surface area contributed by atoms with Gasteiger partial charge < -0.3 is 4.74 Å². The molecule has 0 N–H and O–H groups in total. The second kappa shape index (κ2) is 5.78. The van der Waals surface area contributed by atoms with Gasteiger partial charge in [-0.05, 0) is 37.5 Å². The van der Waals surface area contributed by atoms with Gasteiger partial charge in [-0.15, -0.1) is 0 Å². The van der Waals surface area contributed by atoms with Gasteiger partial charge in [-0.3, -0.25) is 9.97 Å². The van der Waals surface area contributed by atoms with Gasteiger partial charge in [-0.2, -0.15) is 10.4 Å². The molecule has 1 fully saturated rings. The molecular formula is C17H15N5O. The maximum atomic E-state index is 9.03. The van der Waals surface area contributed by atoms with Crippen molar-refractivity contribution in [1.29, 1.82) is 5.26 Å². The fourth-order valence-electron chi connectivity index (χ4n) is 2.87. The Morgan fingerprint density at radius 1 is 1.17 bits per heavy atom. The highest BCUT2D eigenvalue weighted by atomic mass is 16.5. The van der Waals surface area contributed by atoms with Gasteiger partial charge >= 0.3 is 0 Å². The zero-order valence-electron chi connectivity index (χ0n) is 12.5. The number of pyridine rings is 2. The molecule has 3 aromatic rings. The van der Waals surface area contributed by atoms with Crippen molar-refractivity contribution in [3.63, 3.8) is 0 Å². The van der Waals surface area contributed by atoms with Crippen LogP contribution in [0.4, 0.5) is 0 Å². The minimum absolute atomic E-state index is 0.0186. The van der Waals surface area contributed by atoms with Gasteiger partial charge in [0.05, 0.1) is 34.7 Å². The van der Waals surface area contributed by atoms with Crippen LogP contribution in [0.1, 0.15) is 31.1 Å². The first-order chi connectivity index (χ1) is 11.3. The van der Waals surface area contributed by atoms with E-state index in [9.17, 15) is 0 Å². The normalized spacial score (nSPS) is 18.0. The molecule has 4 heterocycles. The number of nitriles is 1. The molecule has 6 nitrogen and oxygen atoms in total. The van der Waals surface area contributed by atoms with Crippen molar-refractivity contribution in [2.24, 2.45) is 0 Å².